The molecule has 4 N–H and O–H groups in total. The second-order valence-corrected chi connectivity index (χ2v) is 6.00. The van der Waals surface area contributed by atoms with Crippen LogP contribution in [0, 0.1) is 0 Å². The van der Waals surface area contributed by atoms with Crippen molar-refractivity contribution in [1.82, 2.24) is 14.0 Å². The topological polar surface area (TPSA) is 133 Å². The zero-order valence-electron chi connectivity index (χ0n) is 14.3. The lowest BCUT2D eigenvalue weighted by Crippen LogP contribution is -2.44. The summed E-state index contributed by atoms with van der Waals surface area (Å²) in [6.45, 7) is 1.92. The van der Waals surface area contributed by atoms with Crippen LogP contribution in [0.3, 0.4) is 0 Å². The van der Waals surface area contributed by atoms with Gasteiger partial charge >= 0.3 is 5.69 Å². The summed E-state index contributed by atoms with van der Waals surface area (Å²) in [6, 6.07) is 6.51. The van der Waals surface area contributed by atoms with E-state index in [1.54, 1.807) is 24.3 Å². The second kappa shape index (κ2) is 6.51. The number of nitrogens with two attached hydrogens (primary N) is 2. The smallest absolute Gasteiger partial charge is 0.332 e. The molecule has 9 heteroatoms. The molecule has 1 aliphatic heterocycles. The Kier molecular flexibility index (Phi) is 4.37. The minimum atomic E-state index is -0.633. The lowest BCUT2D eigenvalue weighted by Gasteiger charge is -2.18. The summed E-state index contributed by atoms with van der Waals surface area (Å²) in [5.74, 6) is -1.01. The van der Waals surface area contributed by atoms with E-state index < -0.39 is 23.1 Å². The quantitative estimate of drug-likeness (QED) is 0.717. The lowest BCUT2D eigenvalue weighted by atomic mass is 10.1. The predicted molar refractivity (Wildman–Crippen MR) is 95.9 cm³/mol. The highest BCUT2D eigenvalue weighted by Crippen LogP contribution is 2.22. The van der Waals surface area contributed by atoms with Gasteiger partial charge in [-0.3, -0.25) is 28.4 Å². The number of carbonyl (C=O) groups excluding carboxylic acids is 2. The van der Waals surface area contributed by atoms with Crippen LogP contribution in [0.15, 0.2) is 33.9 Å². The highest BCUT2D eigenvalue weighted by atomic mass is 16.2. The largest absolute Gasteiger partial charge is 0.391 e. The van der Waals surface area contributed by atoms with Crippen molar-refractivity contribution in [3.63, 3.8) is 0 Å². The molecule has 0 saturated carbocycles. The Bertz CT molecular complexity index is 986. The Labute approximate surface area is 148 Å². The summed E-state index contributed by atoms with van der Waals surface area (Å²) in [6.07, 6.45) is 0.566. The van der Waals surface area contributed by atoms with E-state index in [0.29, 0.717) is 17.5 Å². The van der Waals surface area contributed by atoms with Crippen molar-refractivity contribution in [3.05, 3.63) is 56.2 Å². The SMILES string of the molecule is CCCn1c(=O)c(N)c(N)n(CCN2C(=O)c3ccccc3C2=O)c1=O. The Balaban J connectivity index is 1.92. The average Bonchev–Trinajstić information content (AvgIpc) is 2.88. The summed E-state index contributed by atoms with van der Waals surface area (Å²) < 4.78 is 2.13. The van der Waals surface area contributed by atoms with Gasteiger partial charge in [-0.2, -0.15) is 0 Å². The Morgan fingerprint density at radius 1 is 0.846 bits per heavy atom. The normalized spacial score (nSPS) is 13.3. The van der Waals surface area contributed by atoms with E-state index in [1.807, 2.05) is 6.92 Å². The summed E-state index contributed by atoms with van der Waals surface area (Å²) >= 11 is 0. The van der Waals surface area contributed by atoms with Gasteiger partial charge < -0.3 is 11.5 Å². The molecular formula is C17H19N5O4. The first-order valence-corrected chi connectivity index (χ1v) is 8.22. The maximum atomic E-state index is 12.5. The van der Waals surface area contributed by atoms with Gasteiger partial charge in [0.25, 0.3) is 17.4 Å². The third-order valence-electron chi connectivity index (χ3n) is 4.38. The van der Waals surface area contributed by atoms with Gasteiger partial charge in [-0.05, 0) is 18.6 Å². The van der Waals surface area contributed by atoms with Crippen LogP contribution >= 0.6 is 0 Å². The number of aromatic nitrogens is 2. The summed E-state index contributed by atoms with van der Waals surface area (Å²) in [7, 11) is 0. The monoisotopic (exact) mass is 357 g/mol. The van der Waals surface area contributed by atoms with Crippen molar-refractivity contribution in [1.29, 1.82) is 0 Å². The third-order valence-corrected chi connectivity index (χ3v) is 4.38. The van der Waals surface area contributed by atoms with E-state index in [1.165, 1.54) is 0 Å². The number of amides is 2. The standard InChI is InChI=1S/C17H19N5O4/c1-2-7-22-16(25)12(18)13(19)20(17(22)26)8-9-21-14(23)10-5-3-4-6-11(10)15(21)24/h3-6H,2,7-9,18-19H2,1H3. The number of benzene rings is 1. The predicted octanol–water partition coefficient (Wildman–Crippen LogP) is -0.119. The van der Waals surface area contributed by atoms with Gasteiger partial charge in [-0.15, -0.1) is 0 Å². The first kappa shape index (κ1) is 17.5. The number of rotatable bonds is 5. The number of nitrogens with zero attached hydrogens (tertiary/aromatic N) is 3. The molecule has 136 valence electrons. The zero-order chi connectivity index (χ0) is 19.0. The molecule has 0 saturated heterocycles. The van der Waals surface area contributed by atoms with E-state index in [-0.39, 0.29) is 31.1 Å². The molecule has 0 radical (unpaired) electrons. The molecule has 0 aliphatic carbocycles. The van der Waals surface area contributed by atoms with Gasteiger partial charge in [0.15, 0.2) is 0 Å². The number of nitrogen functional groups attached to an aromatic ring is 2. The van der Waals surface area contributed by atoms with Gasteiger partial charge in [-0.1, -0.05) is 19.1 Å². The molecule has 9 nitrogen and oxygen atoms in total. The van der Waals surface area contributed by atoms with Crippen LogP contribution < -0.4 is 22.7 Å². The molecule has 3 rings (SSSR count). The molecule has 2 amide bonds. The minimum Gasteiger partial charge on any atom is -0.391 e. The van der Waals surface area contributed by atoms with Crippen LogP contribution in [0.25, 0.3) is 0 Å². The molecule has 0 fully saturated rings. The van der Waals surface area contributed by atoms with E-state index in [9.17, 15) is 19.2 Å². The second-order valence-electron chi connectivity index (χ2n) is 6.00. The van der Waals surface area contributed by atoms with Gasteiger partial charge in [0.05, 0.1) is 11.1 Å². The molecule has 0 atom stereocenters. The van der Waals surface area contributed by atoms with Crippen LogP contribution in [0.2, 0.25) is 0 Å². The molecule has 2 aromatic rings. The van der Waals surface area contributed by atoms with Crippen molar-refractivity contribution in [2.24, 2.45) is 0 Å². The molecule has 0 unspecified atom stereocenters. The van der Waals surface area contributed by atoms with E-state index in [0.717, 1.165) is 14.0 Å². The van der Waals surface area contributed by atoms with Crippen LogP contribution in [0.4, 0.5) is 11.5 Å². The minimum absolute atomic E-state index is 0.0513. The molecule has 1 aromatic carbocycles. The Morgan fingerprint density at radius 2 is 1.42 bits per heavy atom. The zero-order valence-corrected chi connectivity index (χ0v) is 14.3. The first-order valence-electron chi connectivity index (χ1n) is 8.22. The number of imide groups is 1. The van der Waals surface area contributed by atoms with Crippen LogP contribution in [-0.4, -0.2) is 32.4 Å². The van der Waals surface area contributed by atoms with Crippen molar-refractivity contribution >= 4 is 23.3 Å². The van der Waals surface area contributed by atoms with Crippen LogP contribution in [0.1, 0.15) is 34.1 Å². The van der Waals surface area contributed by atoms with Gasteiger partial charge in [0.1, 0.15) is 11.5 Å². The highest BCUT2D eigenvalue weighted by molar-refractivity contribution is 6.21. The van der Waals surface area contributed by atoms with Gasteiger partial charge in [-0.25, -0.2) is 4.79 Å². The van der Waals surface area contributed by atoms with Crippen molar-refractivity contribution in [3.8, 4) is 0 Å². The molecular weight excluding hydrogens is 338 g/mol. The maximum absolute atomic E-state index is 12.5. The maximum Gasteiger partial charge on any atom is 0.332 e. The highest BCUT2D eigenvalue weighted by Gasteiger charge is 2.34. The van der Waals surface area contributed by atoms with Gasteiger partial charge in [0, 0.05) is 19.6 Å². The summed E-state index contributed by atoms with van der Waals surface area (Å²) in [5, 5.41) is 0. The molecule has 0 bridgehead atoms. The number of hydrogen-bond donors (Lipinski definition) is 2. The number of carbonyl (C=O) groups is 2. The van der Waals surface area contributed by atoms with Crippen molar-refractivity contribution < 1.29 is 9.59 Å². The fourth-order valence-electron chi connectivity index (χ4n) is 3.02. The number of hydrogen-bond acceptors (Lipinski definition) is 6. The molecule has 1 aliphatic rings. The lowest BCUT2D eigenvalue weighted by molar-refractivity contribution is 0.0648. The Hall–Kier alpha value is -3.36. The van der Waals surface area contributed by atoms with E-state index >= 15 is 0 Å². The van der Waals surface area contributed by atoms with Crippen molar-refractivity contribution in [2.75, 3.05) is 18.0 Å². The third kappa shape index (κ3) is 2.57. The first-order chi connectivity index (χ1) is 12.4. The Morgan fingerprint density at radius 3 is 1.96 bits per heavy atom. The molecule has 0 spiro atoms. The molecule has 1 aromatic heterocycles. The summed E-state index contributed by atoms with van der Waals surface area (Å²) in [5.41, 5.74) is 10.7. The molecule has 26 heavy (non-hydrogen) atoms. The van der Waals surface area contributed by atoms with E-state index in [2.05, 4.69) is 0 Å². The van der Waals surface area contributed by atoms with Crippen LogP contribution in [0.5, 0.6) is 0 Å². The van der Waals surface area contributed by atoms with E-state index in [4.69, 9.17) is 11.5 Å². The number of anilines is 2. The van der Waals surface area contributed by atoms with Crippen LogP contribution in [-0.2, 0) is 13.1 Å². The fraction of sp³-hybridized carbons (Fsp3) is 0.294. The summed E-state index contributed by atoms with van der Waals surface area (Å²) in [4.78, 5) is 50.5. The average molecular weight is 357 g/mol. The van der Waals surface area contributed by atoms with Crippen molar-refractivity contribution in [2.45, 2.75) is 26.4 Å². The number of fused-ring (bicyclic) bond motifs is 1. The fourth-order valence-corrected chi connectivity index (χ4v) is 3.02. The van der Waals surface area contributed by atoms with Gasteiger partial charge in [0.2, 0.25) is 0 Å². The molecule has 2 heterocycles.